The summed E-state index contributed by atoms with van der Waals surface area (Å²) in [6.07, 6.45) is 2.34. The topological polar surface area (TPSA) is 92.5 Å². The number of anilines is 2. The normalized spacial score (nSPS) is 15.0. The summed E-state index contributed by atoms with van der Waals surface area (Å²) >= 11 is 1.15. The van der Waals surface area contributed by atoms with Crippen LogP contribution in [0.15, 0.2) is 4.90 Å². The first-order valence-corrected chi connectivity index (χ1v) is 9.36. The molecular weight excluding hydrogens is 310 g/mol. The highest BCUT2D eigenvalue weighted by Gasteiger charge is 2.32. The molecule has 21 heavy (non-hydrogen) atoms. The van der Waals surface area contributed by atoms with E-state index in [0.717, 1.165) is 17.9 Å². The number of nitrogens with one attached hydrogen (secondary N) is 1. The first-order chi connectivity index (χ1) is 9.81. The molecule has 1 aromatic heterocycles. The van der Waals surface area contributed by atoms with Crippen LogP contribution in [-0.4, -0.2) is 40.7 Å². The van der Waals surface area contributed by atoms with Crippen LogP contribution in [0.3, 0.4) is 0 Å². The van der Waals surface area contributed by atoms with E-state index < -0.39 is 9.84 Å². The fourth-order valence-electron chi connectivity index (χ4n) is 2.17. The quantitative estimate of drug-likeness (QED) is 0.820. The van der Waals surface area contributed by atoms with Crippen LogP contribution in [0.2, 0.25) is 0 Å². The molecule has 0 aromatic carbocycles. The van der Waals surface area contributed by atoms with Crippen LogP contribution in [0.25, 0.3) is 0 Å². The highest BCUT2D eigenvalue weighted by molar-refractivity contribution is 7.92. The fraction of sp³-hybridized carbons (Fsp3) is 0.615. The average molecular weight is 331 g/mol. The Bertz CT molecular complexity index is 648. The number of nitrogens with two attached hydrogens (primary N) is 1. The molecule has 0 atom stereocenters. The van der Waals surface area contributed by atoms with Crippen LogP contribution in [0.5, 0.6) is 0 Å². The third-order valence-corrected chi connectivity index (χ3v) is 6.83. The molecule has 0 aliphatic heterocycles. The summed E-state index contributed by atoms with van der Waals surface area (Å²) in [5.74, 6) is 0.223. The van der Waals surface area contributed by atoms with Gasteiger partial charge in [-0.2, -0.15) is 0 Å². The molecule has 118 valence electrons. The summed E-state index contributed by atoms with van der Waals surface area (Å²) in [6, 6.07) is 0. The van der Waals surface area contributed by atoms with Gasteiger partial charge in [0, 0.05) is 20.6 Å². The smallest absolute Gasteiger partial charge is 0.263 e. The highest BCUT2D eigenvalue weighted by atomic mass is 32.2. The lowest BCUT2D eigenvalue weighted by Gasteiger charge is -2.18. The van der Waals surface area contributed by atoms with Crippen molar-refractivity contribution in [2.45, 2.75) is 24.7 Å². The van der Waals surface area contributed by atoms with Crippen molar-refractivity contribution in [2.24, 2.45) is 5.92 Å². The summed E-state index contributed by atoms with van der Waals surface area (Å²) in [5, 5.41) is 3.07. The SMILES string of the molecule is CCS(=O)(=O)c1c(N(C)CC2CC2)sc(C(=O)NC)c1N. The molecule has 1 amide bonds. The van der Waals surface area contributed by atoms with E-state index in [2.05, 4.69) is 5.32 Å². The van der Waals surface area contributed by atoms with Gasteiger partial charge in [0.2, 0.25) is 0 Å². The molecule has 0 unspecified atom stereocenters. The van der Waals surface area contributed by atoms with Crippen molar-refractivity contribution in [1.82, 2.24) is 5.32 Å². The molecule has 0 radical (unpaired) electrons. The predicted octanol–water partition coefficient (Wildman–Crippen LogP) is 1.33. The van der Waals surface area contributed by atoms with Gasteiger partial charge in [-0.3, -0.25) is 4.79 Å². The standard InChI is InChI=1S/C13H21N3O3S2/c1-4-21(18,19)11-9(14)10(12(17)15-2)20-13(11)16(3)7-8-5-6-8/h8H,4-7,14H2,1-3H3,(H,15,17). The van der Waals surface area contributed by atoms with Crippen molar-refractivity contribution in [3.05, 3.63) is 4.88 Å². The lowest BCUT2D eigenvalue weighted by atomic mass is 10.3. The first kappa shape index (κ1) is 16.1. The van der Waals surface area contributed by atoms with Crippen molar-refractivity contribution < 1.29 is 13.2 Å². The number of hydrogen-bond acceptors (Lipinski definition) is 6. The van der Waals surface area contributed by atoms with E-state index in [-0.39, 0.29) is 27.1 Å². The number of rotatable bonds is 6. The van der Waals surface area contributed by atoms with Gasteiger partial charge < -0.3 is 16.0 Å². The van der Waals surface area contributed by atoms with Gasteiger partial charge in [-0.15, -0.1) is 11.3 Å². The minimum atomic E-state index is -3.48. The molecule has 2 rings (SSSR count). The van der Waals surface area contributed by atoms with Crippen LogP contribution in [0, 0.1) is 5.92 Å². The second-order valence-corrected chi connectivity index (χ2v) is 8.50. The van der Waals surface area contributed by atoms with E-state index in [1.807, 2.05) is 11.9 Å². The number of hydrogen-bond donors (Lipinski definition) is 2. The van der Waals surface area contributed by atoms with Gasteiger partial charge in [0.05, 0.1) is 11.4 Å². The Morgan fingerprint density at radius 3 is 2.57 bits per heavy atom. The fourth-order valence-corrected chi connectivity index (χ4v) is 4.92. The largest absolute Gasteiger partial charge is 0.396 e. The maximum absolute atomic E-state index is 12.3. The van der Waals surface area contributed by atoms with Crippen LogP contribution in [0.4, 0.5) is 10.7 Å². The number of nitrogen functional groups attached to an aromatic ring is 1. The molecule has 0 spiro atoms. The van der Waals surface area contributed by atoms with E-state index in [4.69, 9.17) is 5.73 Å². The molecule has 8 heteroatoms. The Morgan fingerprint density at radius 2 is 2.10 bits per heavy atom. The molecule has 1 aliphatic rings. The summed E-state index contributed by atoms with van der Waals surface area (Å²) in [5.41, 5.74) is 6.04. The lowest BCUT2D eigenvalue weighted by molar-refractivity contribution is 0.0968. The minimum Gasteiger partial charge on any atom is -0.396 e. The molecule has 1 saturated carbocycles. The Hall–Kier alpha value is -1.28. The van der Waals surface area contributed by atoms with Crippen molar-refractivity contribution in [3.63, 3.8) is 0 Å². The monoisotopic (exact) mass is 331 g/mol. The van der Waals surface area contributed by atoms with Crippen LogP contribution >= 0.6 is 11.3 Å². The molecule has 1 heterocycles. The van der Waals surface area contributed by atoms with Gasteiger partial charge in [-0.25, -0.2) is 8.42 Å². The van der Waals surface area contributed by atoms with Crippen LogP contribution in [-0.2, 0) is 9.84 Å². The number of thiophene rings is 1. The van der Waals surface area contributed by atoms with Gasteiger partial charge in [0.15, 0.2) is 9.84 Å². The van der Waals surface area contributed by atoms with Crippen LogP contribution in [0.1, 0.15) is 29.4 Å². The summed E-state index contributed by atoms with van der Waals surface area (Å²) in [7, 11) is -0.121. The highest BCUT2D eigenvalue weighted by Crippen LogP contribution is 2.43. The molecule has 0 saturated heterocycles. The Morgan fingerprint density at radius 1 is 1.48 bits per heavy atom. The third kappa shape index (κ3) is 3.16. The Labute approximate surface area is 129 Å². The average Bonchev–Trinajstić information content (AvgIpc) is 3.18. The maximum atomic E-state index is 12.3. The third-order valence-electron chi connectivity index (χ3n) is 3.58. The summed E-state index contributed by atoms with van der Waals surface area (Å²) in [4.78, 5) is 14.2. The van der Waals surface area contributed by atoms with E-state index in [1.165, 1.54) is 19.9 Å². The Kier molecular flexibility index (Phi) is 4.48. The van der Waals surface area contributed by atoms with Crippen molar-refractivity contribution >= 4 is 37.8 Å². The summed E-state index contributed by atoms with van der Waals surface area (Å²) in [6.45, 7) is 2.37. The number of carbonyl (C=O) groups is 1. The van der Waals surface area contributed by atoms with Gasteiger partial charge in [-0.05, 0) is 18.8 Å². The lowest BCUT2D eigenvalue weighted by Crippen LogP contribution is -2.21. The molecule has 0 bridgehead atoms. The second-order valence-electron chi connectivity index (χ2n) is 5.29. The first-order valence-electron chi connectivity index (χ1n) is 6.90. The number of amides is 1. The minimum absolute atomic E-state index is 0.0363. The number of sulfone groups is 1. The number of carbonyl (C=O) groups excluding carboxylic acids is 1. The molecule has 6 nitrogen and oxygen atoms in total. The molecule has 1 aliphatic carbocycles. The predicted molar refractivity (Wildman–Crippen MR) is 85.8 cm³/mol. The second kappa shape index (κ2) is 5.84. The van der Waals surface area contributed by atoms with Gasteiger partial charge in [-0.1, -0.05) is 6.92 Å². The zero-order valence-electron chi connectivity index (χ0n) is 12.5. The maximum Gasteiger partial charge on any atom is 0.263 e. The van der Waals surface area contributed by atoms with E-state index >= 15 is 0 Å². The zero-order valence-corrected chi connectivity index (χ0v) is 14.1. The van der Waals surface area contributed by atoms with Crippen molar-refractivity contribution in [2.75, 3.05) is 37.0 Å². The van der Waals surface area contributed by atoms with E-state index in [1.54, 1.807) is 6.92 Å². The number of nitrogens with zero attached hydrogens (tertiary/aromatic N) is 1. The summed E-state index contributed by atoms with van der Waals surface area (Å²) < 4.78 is 24.7. The van der Waals surface area contributed by atoms with Crippen molar-refractivity contribution in [3.8, 4) is 0 Å². The molecule has 1 fully saturated rings. The van der Waals surface area contributed by atoms with Gasteiger partial charge in [0.1, 0.15) is 14.8 Å². The van der Waals surface area contributed by atoms with E-state index in [9.17, 15) is 13.2 Å². The van der Waals surface area contributed by atoms with Gasteiger partial charge >= 0.3 is 0 Å². The Balaban J connectivity index is 2.52. The zero-order chi connectivity index (χ0) is 15.8. The molecular formula is C13H21N3O3S2. The van der Waals surface area contributed by atoms with Crippen LogP contribution < -0.4 is 16.0 Å². The molecule has 3 N–H and O–H groups in total. The van der Waals surface area contributed by atoms with Gasteiger partial charge in [0.25, 0.3) is 5.91 Å². The molecule has 1 aromatic rings. The van der Waals surface area contributed by atoms with E-state index in [0.29, 0.717) is 10.9 Å². The van der Waals surface area contributed by atoms with Crippen molar-refractivity contribution in [1.29, 1.82) is 0 Å².